The molecule has 6 heteroatoms. The molecule has 1 atom stereocenters. The van der Waals surface area contributed by atoms with Crippen LogP contribution in [-0.4, -0.2) is 24.5 Å². The van der Waals surface area contributed by atoms with Gasteiger partial charge in [0, 0.05) is 9.40 Å². The molecule has 1 aromatic rings. The van der Waals surface area contributed by atoms with Crippen molar-refractivity contribution in [2.45, 2.75) is 12.3 Å². The molecule has 0 saturated carbocycles. The van der Waals surface area contributed by atoms with Gasteiger partial charge in [0.15, 0.2) is 0 Å². The van der Waals surface area contributed by atoms with Crippen LogP contribution >= 0.6 is 15.9 Å². The molecule has 0 fully saturated rings. The van der Waals surface area contributed by atoms with Crippen molar-refractivity contribution in [3.8, 4) is 0 Å². The number of halogens is 1. The lowest BCUT2D eigenvalue weighted by molar-refractivity contribution is -0.483. The van der Waals surface area contributed by atoms with Gasteiger partial charge in [-0.25, -0.2) is 0 Å². The Labute approximate surface area is 107 Å². The number of carbonyl (C=O) groups excluding carboxylic acids is 1. The summed E-state index contributed by atoms with van der Waals surface area (Å²) in [5.41, 5.74) is 0.745. The summed E-state index contributed by atoms with van der Waals surface area (Å²) < 4.78 is 5.31. The first-order chi connectivity index (χ1) is 8.04. The van der Waals surface area contributed by atoms with Gasteiger partial charge in [0.05, 0.1) is 19.4 Å². The minimum atomic E-state index is -0.479. The molecule has 1 aromatic carbocycles. The number of nitro groups is 1. The van der Waals surface area contributed by atoms with Crippen LogP contribution in [0.2, 0.25) is 0 Å². The van der Waals surface area contributed by atoms with Crippen LogP contribution in [0.1, 0.15) is 17.9 Å². The number of hydrogen-bond acceptors (Lipinski definition) is 4. The molecule has 92 valence electrons. The van der Waals surface area contributed by atoms with Gasteiger partial charge in [-0.1, -0.05) is 34.1 Å². The Kier molecular flexibility index (Phi) is 5.09. The molecule has 0 aliphatic rings. The number of nitrogens with zero attached hydrogens (tertiary/aromatic N) is 1. The van der Waals surface area contributed by atoms with Gasteiger partial charge in [0.25, 0.3) is 0 Å². The van der Waals surface area contributed by atoms with Gasteiger partial charge in [-0.3, -0.25) is 14.9 Å². The van der Waals surface area contributed by atoms with E-state index in [9.17, 15) is 14.9 Å². The third-order valence-corrected chi connectivity index (χ3v) is 3.08. The molecule has 0 amide bonds. The smallest absolute Gasteiger partial charge is 0.306 e. The third kappa shape index (κ3) is 4.14. The quantitative estimate of drug-likeness (QED) is 0.475. The third-order valence-electron chi connectivity index (χ3n) is 2.36. The molecular weight excluding hydrogens is 290 g/mol. The van der Waals surface area contributed by atoms with E-state index in [-0.39, 0.29) is 13.0 Å². The highest BCUT2D eigenvalue weighted by atomic mass is 79.9. The van der Waals surface area contributed by atoms with Crippen LogP contribution in [0.25, 0.3) is 0 Å². The molecule has 0 radical (unpaired) electrons. The first kappa shape index (κ1) is 13.6. The summed E-state index contributed by atoms with van der Waals surface area (Å²) in [6, 6.07) is 7.15. The van der Waals surface area contributed by atoms with Crippen molar-refractivity contribution in [1.82, 2.24) is 0 Å². The highest BCUT2D eigenvalue weighted by Crippen LogP contribution is 2.27. The molecule has 1 unspecified atom stereocenters. The van der Waals surface area contributed by atoms with Gasteiger partial charge in [-0.15, -0.1) is 0 Å². The largest absolute Gasteiger partial charge is 0.469 e. The maximum absolute atomic E-state index is 11.2. The van der Waals surface area contributed by atoms with E-state index in [0.29, 0.717) is 0 Å². The van der Waals surface area contributed by atoms with E-state index in [1.54, 1.807) is 18.2 Å². The van der Waals surface area contributed by atoms with E-state index in [4.69, 9.17) is 0 Å². The van der Waals surface area contributed by atoms with E-state index in [0.717, 1.165) is 10.0 Å². The minimum absolute atomic E-state index is 0.0000926. The van der Waals surface area contributed by atoms with E-state index < -0.39 is 16.8 Å². The average Bonchev–Trinajstić information content (AvgIpc) is 2.28. The Hall–Kier alpha value is -1.43. The predicted molar refractivity (Wildman–Crippen MR) is 65.4 cm³/mol. The Balaban J connectivity index is 2.93. The molecule has 0 heterocycles. The number of esters is 1. The highest BCUT2D eigenvalue weighted by Gasteiger charge is 2.23. The fraction of sp³-hybridized carbons (Fsp3) is 0.364. The number of rotatable bonds is 5. The maximum Gasteiger partial charge on any atom is 0.306 e. The fourth-order valence-electron chi connectivity index (χ4n) is 1.54. The normalized spacial score (nSPS) is 11.9. The van der Waals surface area contributed by atoms with Gasteiger partial charge < -0.3 is 4.74 Å². The Morgan fingerprint density at radius 1 is 1.53 bits per heavy atom. The molecule has 0 aromatic heterocycles. The standard InChI is InChI=1S/C11H12BrNO4/c1-17-11(14)6-8(7-13(15)16)9-4-2-3-5-10(9)12/h2-5,8H,6-7H2,1H3. The lowest BCUT2D eigenvalue weighted by Crippen LogP contribution is -2.17. The fourth-order valence-corrected chi connectivity index (χ4v) is 2.15. The lowest BCUT2D eigenvalue weighted by Gasteiger charge is -2.13. The monoisotopic (exact) mass is 301 g/mol. The van der Waals surface area contributed by atoms with Crippen molar-refractivity contribution >= 4 is 21.9 Å². The van der Waals surface area contributed by atoms with Gasteiger partial charge in [-0.05, 0) is 11.6 Å². The van der Waals surface area contributed by atoms with Crippen molar-refractivity contribution < 1.29 is 14.5 Å². The van der Waals surface area contributed by atoms with Crippen LogP contribution in [-0.2, 0) is 9.53 Å². The van der Waals surface area contributed by atoms with Crippen molar-refractivity contribution in [3.05, 3.63) is 44.4 Å². The molecule has 0 bridgehead atoms. The van der Waals surface area contributed by atoms with Crippen LogP contribution in [0.3, 0.4) is 0 Å². The van der Waals surface area contributed by atoms with Gasteiger partial charge >= 0.3 is 5.97 Å². The van der Waals surface area contributed by atoms with Crippen LogP contribution < -0.4 is 0 Å². The van der Waals surface area contributed by atoms with Crippen molar-refractivity contribution in [3.63, 3.8) is 0 Å². The summed E-state index contributed by atoms with van der Waals surface area (Å²) in [5.74, 6) is -0.930. The van der Waals surface area contributed by atoms with E-state index in [1.165, 1.54) is 7.11 Å². The van der Waals surface area contributed by atoms with Crippen LogP contribution in [0.5, 0.6) is 0 Å². The van der Waals surface area contributed by atoms with E-state index in [1.807, 2.05) is 6.07 Å². The summed E-state index contributed by atoms with van der Waals surface area (Å²) in [4.78, 5) is 21.4. The highest BCUT2D eigenvalue weighted by molar-refractivity contribution is 9.10. The second-order valence-corrected chi connectivity index (χ2v) is 4.37. The van der Waals surface area contributed by atoms with Crippen LogP contribution in [0.15, 0.2) is 28.7 Å². The zero-order valence-corrected chi connectivity index (χ0v) is 10.8. The van der Waals surface area contributed by atoms with Gasteiger partial charge in [0.1, 0.15) is 0 Å². The van der Waals surface area contributed by atoms with Crippen LogP contribution in [0.4, 0.5) is 0 Å². The molecule has 1 rings (SSSR count). The summed E-state index contributed by atoms with van der Waals surface area (Å²) in [7, 11) is 1.27. The molecular formula is C11H12BrNO4. The summed E-state index contributed by atoms with van der Waals surface area (Å²) in [6.45, 7) is -0.294. The van der Waals surface area contributed by atoms with Gasteiger partial charge in [-0.2, -0.15) is 0 Å². The zero-order valence-electron chi connectivity index (χ0n) is 9.26. The first-order valence-electron chi connectivity index (χ1n) is 4.97. The molecule has 0 aliphatic carbocycles. The lowest BCUT2D eigenvalue weighted by atomic mass is 9.96. The number of hydrogen-bond donors (Lipinski definition) is 0. The first-order valence-corrected chi connectivity index (χ1v) is 5.77. The van der Waals surface area contributed by atoms with Crippen molar-refractivity contribution in [2.24, 2.45) is 0 Å². The van der Waals surface area contributed by atoms with E-state index >= 15 is 0 Å². The van der Waals surface area contributed by atoms with Crippen molar-refractivity contribution in [1.29, 1.82) is 0 Å². The SMILES string of the molecule is COC(=O)CC(C[N+](=O)[O-])c1ccccc1Br. The summed E-state index contributed by atoms with van der Waals surface area (Å²) in [5, 5.41) is 10.6. The molecule has 5 nitrogen and oxygen atoms in total. The van der Waals surface area contributed by atoms with Crippen LogP contribution in [0, 0.1) is 10.1 Å². The number of carbonyl (C=O) groups is 1. The number of ether oxygens (including phenoxy) is 1. The average molecular weight is 302 g/mol. The Bertz CT molecular complexity index is 422. The number of benzene rings is 1. The number of methoxy groups -OCH3 is 1. The summed E-state index contributed by atoms with van der Waals surface area (Å²) in [6.07, 6.45) is 0.0000926. The second-order valence-electron chi connectivity index (χ2n) is 3.51. The Morgan fingerprint density at radius 3 is 2.71 bits per heavy atom. The predicted octanol–water partition coefficient (Wildman–Crippen LogP) is 2.37. The van der Waals surface area contributed by atoms with E-state index in [2.05, 4.69) is 20.7 Å². The van der Waals surface area contributed by atoms with Crippen molar-refractivity contribution in [2.75, 3.05) is 13.7 Å². The summed E-state index contributed by atoms with van der Waals surface area (Å²) >= 11 is 3.32. The maximum atomic E-state index is 11.2. The Morgan fingerprint density at radius 2 is 2.18 bits per heavy atom. The minimum Gasteiger partial charge on any atom is -0.469 e. The second kappa shape index (κ2) is 6.34. The molecule has 17 heavy (non-hydrogen) atoms. The molecule has 0 aliphatic heterocycles. The molecule has 0 spiro atoms. The zero-order chi connectivity index (χ0) is 12.8. The molecule has 0 saturated heterocycles. The molecule has 0 N–H and O–H groups in total. The van der Waals surface area contributed by atoms with Gasteiger partial charge in [0.2, 0.25) is 6.54 Å². The topological polar surface area (TPSA) is 69.4 Å².